The van der Waals surface area contributed by atoms with Crippen LogP contribution in [0.4, 0.5) is 0 Å². The number of hydrogen-bond donors (Lipinski definition) is 1. The first kappa shape index (κ1) is 16.7. The maximum atomic E-state index is 12.7. The Bertz CT molecular complexity index is 789. The molecule has 1 fully saturated rings. The second kappa shape index (κ2) is 7.18. The van der Waals surface area contributed by atoms with Gasteiger partial charge in [0.2, 0.25) is 5.91 Å². The number of piperazine rings is 1. The van der Waals surface area contributed by atoms with E-state index in [2.05, 4.69) is 25.2 Å². The zero-order valence-corrected chi connectivity index (χ0v) is 14.4. The lowest BCUT2D eigenvalue weighted by Crippen LogP contribution is -2.46. The van der Waals surface area contributed by atoms with E-state index < -0.39 is 0 Å². The topological polar surface area (TPSA) is 54.3 Å². The van der Waals surface area contributed by atoms with Crippen LogP contribution >= 0.6 is 0 Å². The van der Waals surface area contributed by atoms with Gasteiger partial charge in [0.15, 0.2) is 0 Å². The summed E-state index contributed by atoms with van der Waals surface area (Å²) in [4.78, 5) is 26.9. The van der Waals surface area contributed by atoms with Gasteiger partial charge in [-0.2, -0.15) is 0 Å². The zero-order chi connectivity index (χ0) is 17.1. The summed E-state index contributed by atoms with van der Waals surface area (Å²) in [6.07, 6.45) is 2.17. The van der Waals surface area contributed by atoms with Gasteiger partial charge in [-0.3, -0.25) is 9.59 Å². The van der Waals surface area contributed by atoms with E-state index in [1.54, 1.807) is 10.8 Å². The quantitative estimate of drug-likeness (QED) is 0.934. The van der Waals surface area contributed by atoms with Crippen LogP contribution in [-0.4, -0.2) is 41.6 Å². The summed E-state index contributed by atoms with van der Waals surface area (Å²) in [6, 6.07) is 8.01. The Kier molecular flexibility index (Phi) is 5.00. The number of hydrogen-bond acceptors (Lipinski definition) is 3. The molecule has 0 spiro atoms. The molecule has 1 aliphatic heterocycles. The van der Waals surface area contributed by atoms with Gasteiger partial charge in [-0.15, -0.1) is 0 Å². The molecule has 1 N–H and O–H groups in total. The summed E-state index contributed by atoms with van der Waals surface area (Å²) in [5.41, 5.74) is 1.15. The Morgan fingerprint density at radius 3 is 2.67 bits per heavy atom. The second-order valence-electron chi connectivity index (χ2n) is 6.70. The van der Waals surface area contributed by atoms with Gasteiger partial charge in [0.05, 0.1) is 0 Å². The highest BCUT2D eigenvalue weighted by molar-refractivity contribution is 5.82. The first-order chi connectivity index (χ1) is 11.6. The molecule has 2 aromatic rings. The summed E-state index contributed by atoms with van der Waals surface area (Å²) in [6.45, 7) is 7.87. The average Bonchev–Trinajstić information content (AvgIpc) is 2.61. The first-order valence-corrected chi connectivity index (χ1v) is 8.68. The summed E-state index contributed by atoms with van der Waals surface area (Å²) >= 11 is 0. The third-order valence-corrected chi connectivity index (χ3v) is 4.71. The van der Waals surface area contributed by atoms with Crippen LogP contribution in [0.5, 0.6) is 0 Å². The Morgan fingerprint density at radius 1 is 1.21 bits per heavy atom. The molecule has 0 bridgehead atoms. The van der Waals surface area contributed by atoms with Crippen molar-refractivity contribution in [3.05, 3.63) is 46.4 Å². The van der Waals surface area contributed by atoms with Crippen LogP contribution < -0.4 is 10.9 Å². The van der Waals surface area contributed by atoms with Gasteiger partial charge in [-0.05, 0) is 29.0 Å². The third kappa shape index (κ3) is 3.51. The van der Waals surface area contributed by atoms with Crippen molar-refractivity contribution in [3.63, 3.8) is 0 Å². The number of amides is 1. The van der Waals surface area contributed by atoms with Gasteiger partial charge in [-0.25, -0.2) is 0 Å². The minimum atomic E-state index is -0.0110. The van der Waals surface area contributed by atoms with Gasteiger partial charge < -0.3 is 14.8 Å². The molecule has 0 saturated carbocycles. The molecule has 128 valence electrons. The fourth-order valence-corrected chi connectivity index (χ4v) is 3.12. The van der Waals surface area contributed by atoms with Crippen molar-refractivity contribution in [1.82, 2.24) is 14.8 Å². The van der Waals surface area contributed by atoms with Crippen molar-refractivity contribution in [2.45, 2.75) is 32.7 Å². The van der Waals surface area contributed by atoms with Gasteiger partial charge in [0.1, 0.15) is 0 Å². The predicted octanol–water partition coefficient (Wildman–Crippen LogP) is 1.95. The van der Waals surface area contributed by atoms with Crippen molar-refractivity contribution < 1.29 is 4.79 Å². The fraction of sp³-hybridized carbons (Fsp3) is 0.474. The molecule has 0 atom stereocenters. The molecule has 1 aliphatic rings. The molecule has 3 rings (SSSR count). The zero-order valence-electron chi connectivity index (χ0n) is 14.4. The SMILES string of the molecule is CC(C)c1ccc2ccn(CCC(=O)N3CCNCC3)c(=O)c2c1. The summed E-state index contributed by atoms with van der Waals surface area (Å²) in [7, 11) is 0. The molecule has 24 heavy (non-hydrogen) atoms. The van der Waals surface area contributed by atoms with E-state index >= 15 is 0 Å². The average molecular weight is 327 g/mol. The van der Waals surface area contributed by atoms with E-state index in [1.165, 1.54) is 0 Å². The largest absolute Gasteiger partial charge is 0.340 e. The number of fused-ring (bicyclic) bond motifs is 1. The number of nitrogens with one attached hydrogen (secondary N) is 1. The molecule has 0 radical (unpaired) electrons. The van der Waals surface area contributed by atoms with Crippen molar-refractivity contribution >= 4 is 16.7 Å². The summed E-state index contributed by atoms with van der Waals surface area (Å²) in [5, 5.41) is 4.93. The highest BCUT2D eigenvalue weighted by Crippen LogP contribution is 2.19. The lowest BCUT2D eigenvalue weighted by molar-refractivity contribution is -0.132. The standard InChI is InChI=1S/C19H25N3O2/c1-14(2)16-4-3-15-5-9-22(19(24)17(15)13-16)10-6-18(23)21-11-7-20-8-12-21/h3-5,9,13-14,20H,6-8,10-12H2,1-2H3. The molecule has 5 heteroatoms. The molecular formula is C19H25N3O2. The first-order valence-electron chi connectivity index (χ1n) is 8.68. The molecule has 1 aromatic heterocycles. The van der Waals surface area contributed by atoms with E-state index in [4.69, 9.17) is 0 Å². The van der Waals surface area contributed by atoms with Crippen LogP contribution in [-0.2, 0) is 11.3 Å². The van der Waals surface area contributed by atoms with Gasteiger partial charge in [0.25, 0.3) is 5.56 Å². The summed E-state index contributed by atoms with van der Waals surface area (Å²) < 4.78 is 1.66. The van der Waals surface area contributed by atoms with Crippen molar-refractivity contribution in [3.8, 4) is 0 Å². The number of aryl methyl sites for hydroxylation is 1. The van der Waals surface area contributed by atoms with Crippen LogP contribution in [0.25, 0.3) is 10.8 Å². The van der Waals surface area contributed by atoms with Crippen LogP contribution in [0.15, 0.2) is 35.3 Å². The van der Waals surface area contributed by atoms with Gasteiger partial charge in [-0.1, -0.05) is 26.0 Å². The smallest absolute Gasteiger partial charge is 0.258 e. The van der Waals surface area contributed by atoms with E-state index in [1.807, 2.05) is 23.1 Å². The Labute approximate surface area is 142 Å². The highest BCUT2D eigenvalue weighted by Gasteiger charge is 2.16. The molecule has 1 amide bonds. The molecule has 1 aromatic carbocycles. The maximum Gasteiger partial charge on any atom is 0.258 e. The molecule has 0 unspecified atom stereocenters. The predicted molar refractivity (Wildman–Crippen MR) is 96.4 cm³/mol. The third-order valence-electron chi connectivity index (χ3n) is 4.71. The van der Waals surface area contributed by atoms with Gasteiger partial charge in [0, 0.05) is 50.7 Å². The Morgan fingerprint density at radius 2 is 1.96 bits per heavy atom. The summed E-state index contributed by atoms with van der Waals surface area (Å²) in [5.74, 6) is 0.510. The van der Waals surface area contributed by atoms with Crippen LogP contribution in [0.1, 0.15) is 31.7 Å². The van der Waals surface area contributed by atoms with Crippen molar-refractivity contribution in [2.24, 2.45) is 0 Å². The normalized spacial score (nSPS) is 15.2. The molecule has 0 aliphatic carbocycles. The van der Waals surface area contributed by atoms with Crippen molar-refractivity contribution in [1.29, 1.82) is 0 Å². The van der Waals surface area contributed by atoms with Crippen LogP contribution in [0, 0.1) is 0 Å². The lowest BCUT2D eigenvalue weighted by atomic mass is 10.0. The van der Waals surface area contributed by atoms with E-state index in [9.17, 15) is 9.59 Å². The number of pyridine rings is 1. The monoisotopic (exact) mass is 327 g/mol. The van der Waals surface area contributed by atoms with E-state index in [0.717, 1.165) is 42.5 Å². The number of benzene rings is 1. The lowest BCUT2D eigenvalue weighted by Gasteiger charge is -2.27. The number of carbonyl (C=O) groups is 1. The van der Waals surface area contributed by atoms with E-state index in [0.29, 0.717) is 18.9 Å². The molecule has 5 nitrogen and oxygen atoms in total. The Hall–Kier alpha value is -2.14. The molecular weight excluding hydrogens is 302 g/mol. The van der Waals surface area contributed by atoms with Crippen LogP contribution in [0.2, 0.25) is 0 Å². The second-order valence-corrected chi connectivity index (χ2v) is 6.70. The van der Waals surface area contributed by atoms with Gasteiger partial charge >= 0.3 is 0 Å². The number of aromatic nitrogens is 1. The Balaban J connectivity index is 1.78. The molecule has 2 heterocycles. The van der Waals surface area contributed by atoms with Crippen molar-refractivity contribution in [2.75, 3.05) is 26.2 Å². The van der Waals surface area contributed by atoms with E-state index in [-0.39, 0.29) is 11.5 Å². The number of carbonyl (C=O) groups excluding carboxylic acids is 1. The highest BCUT2D eigenvalue weighted by atomic mass is 16.2. The fourth-order valence-electron chi connectivity index (χ4n) is 3.12. The minimum Gasteiger partial charge on any atom is -0.340 e. The number of rotatable bonds is 4. The maximum absolute atomic E-state index is 12.7. The van der Waals surface area contributed by atoms with Crippen LogP contribution in [0.3, 0.4) is 0 Å². The number of nitrogens with zero attached hydrogens (tertiary/aromatic N) is 2. The molecule has 1 saturated heterocycles. The minimum absolute atomic E-state index is 0.0110.